The molecule has 0 radical (unpaired) electrons. The third-order valence-electron chi connectivity index (χ3n) is 4.23. The van der Waals surface area contributed by atoms with Crippen molar-refractivity contribution >= 4 is 23.4 Å². The lowest BCUT2D eigenvalue weighted by Gasteiger charge is -2.11. The van der Waals surface area contributed by atoms with Crippen molar-refractivity contribution in [2.24, 2.45) is 0 Å². The molecule has 0 spiro atoms. The standard InChI is InChI=1S/C19H21ClN2O2/c20-17-5-1-14(2-6-17)10-12-24-19(23)22-18-7-3-15(4-8-18)16-9-11-21-13-16/h1-8,16,21H,9-13H2,(H,22,23). The summed E-state index contributed by atoms with van der Waals surface area (Å²) >= 11 is 5.84. The first-order valence-electron chi connectivity index (χ1n) is 8.19. The molecule has 4 nitrogen and oxygen atoms in total. The SMILES string of the molecule is O=C(Nc1ccc(C2CCNC2)cc1)OCCc1ccc(Cl)cc1. The van der Waals surface area contributed by atoms with Gasteiger partial charge in [0.15, 0.2) is 0 Å². The zero-order valence-electron chi connectivity index (χ0n) is 13.4. The number of ether oxygens (including phenoxy) is 1. The third kappa shape index (κ3) is 4.73. The maximum absolute atomic E-state index is 11.8. The Balaban J connectivity index is 1.43. The normalized spacial score (nSPS) is 16.8. The van der Waals surface area contributed by atoms with Crippen molar-refractivity contribution in [2.75, 3.05) is 25.0 Å². The van der Waals surface area contributed by atoms with Crippen molar-refractivity contribution < 1.29 is 9.53 Å². The van der Waals surface area contributed by atoms with Crippen molar-refractivity contribution in [3.8, 4) is 0 Å². The molecule has 0 aromatic heterocycles. The van der Waals surface area contributed by atoms with Gasteiger partial charge in [-0.2, -0.15) is 0 Å². The minimum Gasteiger partial charge on any atom is -0.449 e. The van der Waals surface area contributed by atoms with E-state index in [1.807, 2.05) is 36.4 Å². The Morgan fingerprint density at radius 2 is 1.92 bits per heavy atom. The van der Waals surface area contributed by atoms with E-state index in [1.54, 1.807) is 0 Å². The van der Waals surface area contributed by atoms with Crippen LogP contribution in [0.4, 0.5) is 10.5 Å². The fraction of sp³-hybridized carbons (Fsp3) is 0.316. The zero-order valence-corrected chi connectivity index (χ0v) is 14.2. The largest absolute Gasteiger partial charge is 0.449 e. The number of hydrogen-bond acceptors (Lipinski definition) is 3. The van der Waals surface area contributed by atoms with E-state index in [4.69, 9.17) is 16.3 Å². The number of halogens is 1. The molecule has 2 aromatic rings. The number of benzene rings is 2. The highest BCUT2D eigenvalue weighted by molar-refractivity contribution is 6.30. The van der Waals surface area contributed by atoms with E-state index in [-0.39, 0.29) is 0 Å². The lowest BCUT2D eigenvalue weighted by Crippen LogP contribution is -2.15. The van der Waals surface area contributed by atoms with E-state index >= 15 is 0 Å². The number of carbonyl (C=O) groups is 1. The lowest BCUT2D eigenvalue weighted by atomic mass is 9.98. The molecular weight excluding hydrogens is 324 g/mol. The minimum atomic E-state index is -0.431. The van der Waals surface area contributed by atoms with Crippen LogP contribution in [0.1, 0.15) is 23.5 Å². The van der Waals surface area contributed by atoms with Gasteiger partial charge in [0.25, 0.3) is 0 Å². The van der Waals surface area contributed by atoms with Crippen molar-refractivity contribution in [1.82, 2.24) is 5.32 Å². The minimum absolute atomic E-state index is 0.333. The van der Waals surface area contributed by atoms with E-state index in [2.05, 4.69) is 22.8 Å². The number of rotatable bonds is 5. The van der Waals surface area contributed by atoms with Gasteiger partial charge in [-0.3, -0.25) is 5.32 Å². The molecule has 3 rings (SSSR count). The molecule has 1 aliphatic rings. The highest BCUT2D eigenvalue weighted by Crippen LogP contribution is 2.23. The van der Waals surface area contributed by atoms with Gasteiger partial charge in [0, 0.05) is 23.7 Å². The fourth-order valence-electron chi connectivity index (χ4n) is 2.84. The monoisotopic (exact) mass is 344 g/mol. The molecule has 1 unspecified atom stereocenters. The third-order valence-corrected chi connectivity index (χ3v) is 4.48. The van der Waals surface area contributed by atoms with E-state index in [1.165, 1.54) is 12.0 Å². The van der Waals surface area contributed by atoms with Gasteiger partial charge >= 0.3 is 6.09 Å². The number of amides is 1. The molecule has 2 N–H and O–H groups in total. The second kappa shape index (κ2) is 8.18. The van der Waals surface area contributed by atoms with Gasteiger partial charge in [-0.05, 0) is 54.3 Å². The molecule has 1 heterocycles. The highest BCUT2D eigenvalue weighted by Gasteiger charge is 2.16. The van der Waals surface area contributed by atoms with Crippen molar-refractivity contribution in [3.63, 3.8) is 0 Å². The maximum Gasteiger partial charge on any atom is 0.411 e. The molecule has 1 fully saturated rings. The van der Waals surface area contributed by atoms with Gasteiger partial charge < -0.3 is 10.1 Å². The second-order valence-electron chi connectivity index (χ2n) is 5.95. The molecule has 0 bridgehead atoms. The summed E-state index contributed by atoms with van der Waals surface area (Å²) in [6.07, 6.45) is 1.40. The van der Waals surface area contributed by atoms with Crippen LogP contribution < -0.4 is 10.6 Å². The summed E-state index contributed by atoms with van der Waals surface area (Å²) in [5.74, 6) is 0.574. The number of anilines is 1. The topological polar surface area (TPSA) is 50.4 Å². The molecule has 1 saturated heterocycles. The Morgan fingerprint density at radius 3 is 2.58 bits per heavy atom. The van der Waals surface area contributed by atoms with E-state index in [9.17, 15) is 4.79 Å². The van der Waals surface area contributed by atoms with Crippen molar-refractivity contribution in [3.05, 3.63) is 64.7 Å². The predicted octanol–water partition coefficient (Wildman–Crippen LogP) is 4.21. The Hall–Kier alpha value is -2.04. The van der Waals surface area contributed by atoms with Crippen LogP contribution in [0.15, 0.2) is 48.5 Å². The van der Waals surface area contributed by atoms with Crippen molar-refractivity contribution in [1.29, 1.82) is 0 Å². The summed E-state index contributed by atoms with van der Waals surface area (Å²) < 4.78 is 5.22. The van der Waals surface area contributed by atoms with Crippen LogP contribution in [0.3, 0.4) is 0 Å². The van der Waals surface area contributed by atoms with E-state index < -0.39 is 6.09 Å². The molecule has 1 amide bonds. The van der Waals surface area contributed by atoms with Gasteiger partial charge in [-0.15, -0.1) is 0 Å². The quantitative estimate of drug-likeness (QED) is 0.854. The molecular formula is C19H21ClN2O2. The Bertz CT molecular complexity index is 665. The first kappa shape index (κ1) is 16.8. The average Bonchev–Trinajstić information content (AvgIpc) is 3.12. The average molecular weight is 345 g/mol. The Labute approximate surface area is 147 Å². The van der Waals surface area contributed by atoms with Crippen LogP contribution >= 0.6 is 11.6 Å². The molecule has 24 heavy (non-hydrogen) atoms. The first-order valence-corrected chi connectivity index (χ1v) is 8.57. The summed E-state index contributed by atoms with van der Waals surface area (Å²) in [6.45, 7) is 2.43. The summed E-state index contributed by atoms with van der Waals surface area (Å²) in [4.78, 5) is 11.8. The van der Waals surface area contributed by atoms with Crippen LogP contribution in [-0.2, 0) is 11.2 Å². The molecule has 0 saturated carbocycles. The molecule has 5 heteroatoms. The number of nitrogens with one attached hydrogen (secondary N) is 2. The van der Waals surface area contributed by atoms with Gasteiger partial charge in [-0.25, -0.2) is 4.79 Å². The molecule has 2 aromatic carbocycles. The molecule has 0 aliphatic carbocycles. The summed E-state index contributed by atoms with van der Waals surface area (Å²) in [7, 11) is 0. The van der Waals surface area contributed by atoms with Gasteiger partial charge in [0.2, 0.25) is 0 Å². The van der Waals surface area contributed by atoms with Crippen LogP contribution in [0.2, 0.25) is 5.02 Å². The lowest BCUT2D eigenvalue weighted by molar-refractivity contribution is 0.163. The highest BCUT2D eigenvalue weighted by atomic mass is 35.5. The first-order chi connectivity index (χ1) is 11.7. The number of hydrogen-bond donors (Lipinski definition) is 2. The molecule has 1 atom stereocenters. The smallest absolute Gasteiger partial charge is 0.411 e. The number of carbonyl (C=O) groups excluding carboxylic acids is 1. The zero-order chi connectivity index (χ0) is 16.8. The Morgan fingerprint density at radius 1 is 1.17 bits per heavy atom. The van der Waals surface area contributed by atoms with E-state index in [0.29, 0.717) is 24.0 Å². The predicted molar refractivity (Wildman–Crippen MR) is 96.8 cm³/mol. The second-order valence-corrected chi connectivity index (χ2v) is 6.39. The van der Waals surface area contributed by atoms with Gasteiger partial charge in [0.05, 0.1) is 6.61 Å². The summed E-state index contributed by atoms with van der Waals surface area (Å²) in [6, 6.07) is 15.5. The van der Waals surface area contributed by atoms with Crippen molar-refractivity contribution in [2.45, 2.75) is 18.8 Å². The molecule has 126 valence electrons. The van der Waals surface area contributed by atoms with Crippen LogP contribution in [-0.4, -0.2) is 25.8 Å². The van der Waals surface area contributed by atoms with Gasteiger partial charge in [-0.1, -0.05) is 35.9 Å². The van der Waals surface area contributed by atoms with E-state index in [0.717, 1.165) is 24.3 Å². The maximum atomic E-state index is 11.8. The molecule has 1 aliphatic heterocycles. The fourth-order valence-corrected chi connectivity index (χ4v) is 2.97. The summed E-state index contributed by atoms with van der Waals surface area (Å²) in [5.41, 5.74) is 3.14. The Kier molecular flexibility index (Phi) is 5.72. The van der Waals surface area contributed by atoms with Crippen LogP contribution in [0, 0.1) is 0 Å². The van der Waals surface area contributed by atoms with Crippen LogP contribution in [0.25, 0.3) is 0 Å². The summed E-state index contributed by atoms with van der Waals surface area (Å²) in [5, 5.41) is 6.82. The van der Waals surface area contributed by atoms with Crippen LogP contribution in [0.5, 0.6) is 0 Å². The van der Waals surface area contributed by atoms with Gasteiger partial charge in [0.1, 0.15) is 0 Å².